The Hall–Kier alpha value is -0.840. The van der Waals surface area contributed by atoms with Gasteiger partial charge in [0.05, 0.1) is 16.4 Å². The topological polar surface area (TPSA) is 43.8 Å². The normalized spacial score (nSPS) is 12.7. The van der Waals surface area contributed by atoms with Crippen LogP contribution in [-0.2, 0) is 19.9 Å². The third-order valence-corrected chi connectivity index (χ3v) is 4.83. The van der Waals surface area contributed by atoms with Crippen LogP contribution in [0.15, 0.2) is 22.7 Å². The predicted octanol–water partition coefficient (Wildman–Crippen LogP) is 3.95. The molecule has 0 radical (unpaired) electrons. The van der Waals surface area contributed by atoms with Crippen molar-refractivity contribution in [3.63, 3.8) is 0 Å². The molecule has 2 aromatic rings. The third kappa shape index (κ3) is 3.08. The van der Waals surface area contributed by atoms with Gasteiger partial charge in [-0.2, -0.15) is 5.10 Å². The lowest BCUT2D eigenvalue weighted by molar-refractivity contribution is 0.638. The molecular weight excluding hydrogens is 338 g/mol. The van der Waals surface area contributed by atoms with Gasteiger partial charge >= 0.3 is 0 Å². The lowest BCUT2D eigenvalue weighted by atomic mass is 10.0. The average Bonchev–Trinajstić information content (AvgIpc) is 2.69. The van der Waals surface area contributed by atoms with E-state index in [0.29, 0.717) is 6.42 Å². The highest BCUT2D eigenvalue weighted by Gasteiger charge is 2.17. The van der Waals surface area contributed by atoms with Gasteiger partial charge in [0, 0.05) is 24.0 Å². The number of hydrogen-bond donors (Lipinski definition) is 1. The first-order chi connectivity index (χ1) is 9.43. The molecule has 1 aromatic heterocycles. The molecule has 2 rings (SSSR count). The van der Waals surface area contributed by atoms with Gasteiger partial charge in [0.25, 0.3) is 0 Å². The van der Waals surface area contributed by atoms with E-state index in [1.54, 1.807) is 0 Å². The number of nitrogens with two attached hydrogens (primary N) is 1. The lowest BCUT2D eigenvalue weighted by Gasteiger charge is -2.14. The van der Waals surface area contributed by atoms with Crippen LogP contribution in [0.2, 0.25) is 5.02 Å². The molecule has 0 amide bonds. The Morgan fingerprint density at radius 3 is 2.70 bits per heavy atom. The summed E-state index contributed by atoms with van der Waals surface area (Å²) >= 11 is 9.91. The second-order valence-corrected chi connectivity index (χ2v) is 6.24. The van der Waals surface area contributed by atoms with E-state index in [-0.39, 0.29) is 6.04 Å². The van der Waals surface area contributed by atoms with Crippen LogP contribution in [0.25, 0.3) is 0 Å². The second kappa shape index (κ2) is 6.29. The summed E-state index contributed by atoms with van der Waals surface area (Å²) in [6, 6.07) is 6.12. The fraction of sp³-hybridized carbons (Fsp3) is 0.400. The quantitative estimate of drug-likeness (QED) is 0.901. The smallest absolute Gasteiger partial charge is 0.0850 e. The molecule has 20 heavy (non-hydrogen) atoms. The molecule has 1 atom stereocenters. The van der Waals surface area contributed by atoms with Crippen molar-refractivity contribution in [3.05, 3.63) is 50.2 Å². The number of nitrogens with zero attached hydrogens (tertiary/aromatic N) is 2. The number of halogens is 2. The second-order valence-electron chi connectivity index (χ2n) is 5.00. The van der Waals surface area contributed by atoms with Gasteiger partial charge in [0.1, 0.15) is 0 Å². The summed E-state index contributed by atoms with van der Waals surface area (Å²) in [7, 11) is 1.91. The molecule has 108 valence electrons. The molecule has 0 saturated heterocycles. The molecule has 0 spiro atoms. The maximum atomic E-state index is 6.37. The monoisotopic (exact) mass is 355 g/mol. The summed E-state index contributed by atoms with van der Waals surface area (Å²) in [5.74, 6) is 0. The Morgan fingerprint density at radius 2 is 2.15 bits per heavy atom. The Morgan fingerprint density at radius 1 is 1.45 bits per heavy atom. The molecule has 0 aliphatic rings. The summed E-state index contributed by atoms with van der Waals surface area (Å²) in [5, 5.41) is 5.17. The van der Waals surface area contributed by atoms with Gasteiger partial charge in [-0.1, -0.05) is 46.6 Å². The van der Waals surface area contributed by atoms with E-state index in [1.807, 2.05) is 11.7 Å². The van der Waals surface area contributed by atoms with Crippen molar-refractivity contribution in [1.82, 2.24) is 9.78 Å². The lowest BCUT2D eigenvalue weighted by Crippen LogP contribution is -2.15. The number of rotatable bonds is 4. The van der Waals surface area contributed by atoms with Crippen LogP contribution in [-0.4, -0.2) is 9.78 Å². The van der Waals surface area contributed by atoms with Gasteiger partial charge in [-0.3, -0.25) is 4.68 Å². The Labute approximate surface area is 133 Å². The first-order valence-electron chi connectivity index (χ1n) is 6.65. The van der Waals surface area contributed by atoms with Gasteiger partial charge in [0.15, 0.2) is 0 Å². The summed E-state index contributed by atoms with van der Waals surface area (Å²) in [5.41, 5.74) is 10.5. The van der Waals surface area contributed by atoms with E-state index < -0.39 is 0 Å². The summed E-state index contributed by atoms with van der Waals surface area (Å²) in [6.45, 7) is 4.11. The molecule has 3 nitrogen and oxygen atoms in total. The molecule has 1 unspecified atom stereocenters. The van der Waals surface area contributed by atoms with Gasteiger partial charge in [0.2, 0.25) is 0 Å². The van der Waals surface area contributed by atoms with Crippen LogP contribution < -0.4 is 5.73 Å². The minimum atomic E-state index is -0.0930. The highest BCUT2D eigenvalue weighted by atomic mass is 79.9. The summed E-state index contributed by atoms with van der Waals surface area (Å²) in [6.07, 6.45) is 1.51. The third-order valence-electron chi connectivity index (χ3n) is 3.54. The van der Waals surface area contributed by atoms with E-state index in [1.165, 1.54) is 5.56 Å². The molecule has 2 N–H and O–H groups in total. The first-order valence-corrected chi connectivity index (χ1v) is 7.83. The SMILES string of the molecule is CCc1nn(C)c(CC(N)c2ccc(C)c(Br)c2)c1Cl. The Bertz CT molecular complexity index is 622. The molecule has 0 fully saturated rings. The maximum Gasteiger partial charge on any atom is 0.0850 e. The van der Waals surface area contributed by atoms with Crippen molar-refractivity contribution < 1.29 is 0 Å². The zero-order valence-corrected chi connectivity index (χ0v) is 14.3. The van der Waals surface area contributed by atoms with Gasteiger partial charge in [-0.25, -0.2) is 0 Å². The molecule has 0 aliphatic heterocycles. The van der Waals surface area contributed by atoms with Crippen molar-refractivity contribution in [1.29, 1.82) is 0 Å². The zero-order valence-electron chi connectivity index (χ0n) is 12.0. The molecule has 0 bridgehead atoms. The fourth-order valence-electron chi connectivity index (χ4n) is 2.21. The number of aromatic nitrogens is 2. The van der Waals surface area contributed by atoms with Crippen molar-refractivity contribution >= 4 is 27.5 Å². The van der Waals surface area contributed by atoms with Crippen molar-refractivity contribution in [2.75, 3.05) is 0 Å². The highest BCUT2D eigenvalue weighted by molar-refractivity contribution is 9.10. The summed E-state index contributed by atoms with van der Waals surface area (Å²) in [4.78, 5) is 0. The van der Waals surface area contributed by atoms with E-state index in [0.717, 1.165) is 32.9 Å². The minimum Gasteiger partial charge on any atom is -0.324 e. The number of hydrogen-bond acceptors (Lipinski definition) is 2. The number of benzene rings is 1. The van der Waals surface area contributed by atoms with Crippen LogP contribution in [0.4, 0.5) is 0 Å². The van der Waals surface area contributed by atoms with E-state index in [9.17, 15) is 0 Å². The summed E-state index contributed by atoms with van der Waals surface area (Å²) < 4.78 is 2.92. The molecule has 1 heterocycles. The van der Waals surface area contributed by atoms with Gasteiger partial charge < -0.3 is 5.73 Å². The molecule has 1 aromatic carbocycles. The standard InChI is InChI=1S/C15H19BrClN3/c1-4-13-15(17)14(20(3)19-13)8-12(18)10-6-5-9(2)11(16)7-10/h5-7,12H,4,8,18H2,1-3H3. The molecule has 5 heteroatoms. The van der Waals surface area contributed by atoms with E-state index >= 15 is 0 Å². The zero-order chi connectivity index (χ0) is 14.9. The van der Waals surface area contributed by atoms with Crippen LogP contribution >= 0.6 is 27.5 Å². The Balaban J connectivity index is 2.25. The van der Waals surface area contributed by atoms with Crippen molar-refractivity contribution in [2.24, 2.45) is 12.8 Å². The van der Waals surface area contributed by atoms with E-state index in [4.69, 9.17) is 17.3 Å². The van der Waals surface area contributed by atoms with Gasteiger partial charge in [-0.15, -0.1) is 0 Å². The predicted molar refractivity (Wildman–Crippen MR) is 87.1 cm³/mol. The molecular formula is C15H19BrClN3. The van der Waals surface area contributed by atoms with Gasteiger partial charge in [-0.05, 0) is 30.5 Å². The molecule has 0 aliphatic carbocycles. The van der Waals surface area contributed by atoms with Crippen LogP contribution in [0, 0.1) is 6.92 Å². The fourth-order valence-corrected chi connectivity index (χ4v) is 2.97. The van der Waals surface area contributed by atoms with Crippen molar-refractivity contribution in [2.45, 2.75) is 32.7 Å². The first kappa shape index (κ1) is 15.5. The minimum absolute atomic E-state index is 0.0930. The Kier molecular flexibility index (Phi) is 4.89. The number of aryl methyl sites for hydroxylation is 3. The largest absolute Gasteiger partial charge is 0.324 e. The highest BCUT2D eigenvalue weighted by Crippen LogP contribution is 2.27. The van der Waals surface area contributed by atoms with Crippen LogP contribution in [0.1, 0.15) is 35.5 Å². The van der Waals surface area contributed by atoms with E-state index in [2.05, 4.69) is 53.1 Å². The van der Waals surface area contributed by atoms with Crippen LogP contribution in [0.3, 0.4) is 0 Å². The maximum absolute atomic E-state index is 6.37. The van der Waals surface area contributed by atoms with Crippen molar-refractivity contribution in [3.8, 4) is 0 Å². The average molecular weight is 357 g/mol. The molecule has 0 saturated carbocycles. The van der Waals surface area contributed by atoms with Crippen LogP contribution in [0.5, 0.6) is 0 Å².